The van der Waals surface area contributed by atoms with Crippen molar-refractivity contribution < 1.29 is 24.5 Å². The lowest BCUT2D eigenvalue weighted by molar-refractivity contribution is -0.135. The fourth-order valence-electron chi connectivity index (χ4n) is 0.832. The van der Waals surface area contributed by atoms with Crippen LogP contribution in [-0.4, -0.2) is 47.4 Å². The van der Waals surface area contributed by atoms with Crippen LogP contribution < -0.4 is 0 Å². The Bertz CT molecular complexity index is 423. The first kappa shape index (κ1) is 17.1. The number of para-hydroxylation sites is 1. The quantitative estimate of drug-likeness (QED) is 0.473. The third-order valence-corrected chi connectivity index (χ3v) is 2.11. The molecule has 1 unspecified atom stereocenters. The average molecular weight is 269 g/mol. The van der Waals surface area contributed by atoms with Crippen molar-refractivity contribution in [3.8, 4) is 5.75 Å². The molecule has 0 amide bonds. The van der Waals surface area contributed by atoms with Crippen molar-refractivity contribution >= 4 is 11.9 Å². The molecule has 1 atom stereocenters. The average Bonchev–Trinajstić information content (AvgIpc) is 2.29. The van der Waals surface area contributed by atoms with Crippen molar-refractivity contribution in [1.29, 1.82) is 0 Å². The van der Waals surface area contributed by atoms with E-state index in [4.69, 9.17) is 5.11 Å². The second kappa shape index (κ2) is 8.23. The molecule has 0 aromatic heterocycles. The largest absolute Gasteiger partial charge is 0.507 e. The molecule has 0 bridgehead atoms. The van der Waals surface area contributed by atoms with E-state index >= 15 is 0 Å². The normalized spacial score (nSPS) is 11.3. The van der Waals surface area contributed by atoms with Crippen molar-refractivity contribution in [2.45, 2.75) is 20.1 Å². The number of esters is 2. The highest BCUT2D eigenvalue weighted by atomic mass is 16.6. The van der Waals surface area contributed by atoms with E-state index in [-0.39, 0.29) is 17.5 Å². The Balaban J connectivity index is 0.000000459. The van der Waals surface area contributed by atoms with Crippen LogP contribution in [0.15, 0.2) is 24.3 Å². The van der Waals surface area contributed by atoms with E-state index in [0.29, 0.717) is 0 Å². The number of rotatable bonds is 2. The van der Waals surface area contributed by atoms with Gasteiger partial charge >= 0.3 is 11.9 Å². The fraction of sp³-hybridized carbons (Fsp3) is 0.385. The Hall–Kier alpha value is -1.92. The minimum atomic E-state index is -0.842. The molecule has 1 aromatic rings. The van der Waals surface area contributed by atoms with Crippen molar-refractivity contribution in [3.05, 3.63) is 29.8 Å². The van der Waals surface area contributed by atoms with Gasteiger partial charge in [0.1, 0.15) is 17.5 Å². The molecule has 6 heteroatoms. The molecular formula is C13H19NO5. The Kier molecular flexibility index (Phi) is 7.40. The predicted octanol–water partition coefficient (Wildman–Crippen LogP) is 0.982. The smallest absolute Gasteiger partial charge is 0.349 e. The molecule has 0 aliphatic rings. The second-order valence-electron chi connectivity index (χ2n) is 3.99. The SMILES string of the molecule is CC(=O)OC(=O)c1ccccc1O.CC(O)N(C)C. The lowest BCUT2D eigenvalue weighted by Gasteiger charge is -2.11. The van der Waals surface area contributed by atoms with Crippen LogP contribution in [0.3, 0.4) is 0 Å². The molecule has 1 aromatic carbocycles. The maximum absolute atomic E-state index is 11.1. The van der Waals surface area contributed by atoms with Gasteiger partial charge in [0, 0.05) is 6.92 Å². The van der Waals surface area contributed by atoms with Crippen molar-refractivity contribution in [1.82, 2.24) is 4.90 Å². The second-order valence-corrected chi connectivity index (χ2v) is 3.99. The van der Waals surface area contributed by atoms with Crippen LogP contribution in [-0.2, 0) is 9.53 Å². The van der Waals surface area contributed by atoms with Crippen molar-refractivity contribution in [3.63, 3.8) is 0 Å². The third kappa shape index (κ3) is 7.17. The summed E-state index contributed by atoms with van der Waals surface area (Å²) in [6.07, 6.45) is -0.315. The van der Waals surface area contributed by atoms with Gasteiger partial charge in [-0.1, -0.05) is 12.1 Å². The number of aliphatic hydroxyl groups is 1. The van der Waals surface area contributed by atoms with E-state index < -0.39 is 11.9 Å². The van der Waals surface area contributed by atoms with Gasteiger partial charge in [0.15, 0.2) is 0 Å². The van der Waals surface area contributed by atoms with E-state index in [9.17, 15) is 14.7 Å². The number of phenols is 1. The van der Waals surface area contributed by atoms with Crippen LogP contribution in [0.5, 0.6) is 5.75 Å². The Morgan fingerprint density at radius 1 is 1.26 bits per heavy atom. The van der Waals surface area contributed by atoms with Gasteiger partial charge in [-0.3, -0.25) is 9.69 Å². The molecule has 19 heavy (non-hydrogen) atoms. The molecule has 2 N–H and O–H groups in total. The first-order chi connectivity index (χ1) is 8.75. The topological polar surface area (TPSA) is 87.1 Å². The van der Waals surface area contributed by atoms with Gasteiger partial charge < -0.3 is 14.9 Å². The number of benzene rings is 1. The number of carbonyl (C=O) groups excluding carboxylic acids is 2. The summed E-state index contributed by atoms with van der Waals surface area (Å²) < 4.78 is 4.28. The summed E-state index contributed by atoms with van der Waals surface area (Å²) in [6, 6.07) is 5.85. The first-order valence-electron chi connectivity index (χ1n) is 5.61. The highest BCUT2D eigenvalue weighted by molar-refractivity contribution is 5.98. The summed E-state index contributed by atoms with van der Waals surface area (Å²) in [6.45, 7) is 2.85. The zero-order valence-electron chi connectivity index (χ0n) is 11.5. The van der Waals surface area contributed by atoms with E-state index in [0.717, 1.165) is 6.92 Å². The molecule has 0 saturated carbocycles. The van der Waals surface area contributed by atoms with Crippen LogP contribution in [0.25, 0.3) is 0 Å². The van der Waals surface area contributed by atoms with Gasteiger partial charge in [-0.2, -0.15) is 0 Å². The summed E-state index contributed by atoms with van der Waals surface area (Å²) in [5, 5.41) is 17.7. The molecule has 0 spiro atoms. The van der Waals surface area contributed by atoms with Gasteiger partial charge in [0.2, 0.25) is 0 Å². The molecule has 1 rings (SSSR count). The minimum Gasteiger partial charge on any atom is -0.507 e. The van der Waals surface area contributed by atoms with Gasteiger partial charge in [-0.05, 0) is 33.2 Å². The summed E-state index contributed by atoms with van der Waals surface area (Å²) in [5.41, 5.74) is -0.0160. The number of ether oxygens (including phenoxy) is 1. The van der Waals surface area contributed by atoms with E-state index in [1.54, 1.807) is 24.0 Å². The van der Waals surface area contributed by atoms with Gasteiger partial charge in [0.05, 0.1) is 0 Å². The molecule has 0 aliphatic carbocycles. The zero-order chi connectivity index (χ0) is 15.0. The summed E-state index contributed by atoms with van der Waals surface area (Å²) in [4.78, 5) is 23.2. The van der Waals surface area contributed by atoms with E-state index in [1.807, 2.05) is 14.1 Å². The molecule has 106 valence electrons. The first-order valence-corrected chi connectivity index (χ1v) is 5.61. The molecule has 0 radical (unpaired) electrons. The standard InChI is InChI=1S/C9H8O4.C4H11NO/c1-6(10)13-9(12)7-4-2-3-5-8(7)11;1-4(6)5(2)3/h2-5,11H,1H3;4,6H,1-3H3. The van der Waals surface area contributed by atoms with Crippen LogP contribution in [0, 0.1) is 0 Å². The van der Waals surface area contributed by atoms with Gasteiger partial charge in [-0.25, -0.2) is 4.79 Å². The van der Waals surface area contributed by atoms with Crippen LogP contribution in [0.2, 0.25) is 0 Å². The highest BCUT2D eigenvalue weighted by Gasteiger charge is 2.13. The molecule has 0 fully saturated rings. The maximum atomic E-state index is 11.1. The lowest BCUT2D eigenvalue weighted by Crippen LogP contribution is -2.23. The Labute approximate surface area is 112 Å². The third-order valence-electron chi connectivity index (χ3n) is 2.11. The minimum absolute atomic E-state index is 0.0160. The van der Waals surface area contributed by atoms with Crippen LogP contribution in [0.4, 0.5) is 0 Å². The predicted molar refractivity (Wildman–Crippen MR) is 69.6 cm³/mol. The highest BCUT2D eigenvalue weighted by Crippen LogP contribution is 2.16. The lowest BCUT2D eigenvalue weighted by atomic mass is 10.2. The fourth-order valence-corrected chi connectivity index (χ4v) is 0.832. The van der Waals surface area contributed by atoms with Gasteiger partial charge in [-0.15, -0.1) is 0 Å². The number of aliphatic hydroxyl groups excluding tert-OH is 1. The molecule has 6 nitrogen and oxygen atoms in total. The molecule has 0 heterocycles. The summed E-state index contributed by atoms with van der Waals surface area (Å²) in [7, 11) is 3.65. The number of phenolic OH excluding ortho intramolecular Hbond substituents is 1. The number of aromatic hydroxyl groups is 1. The summed E-state index contributed by atoms with van der Waals surface area (Å²) in [5.74, 6) is -1.74. The van der Waals surface area contributed by atoms with Gasteiger partial charge in [0.25, 0.3) is 0 Å². The molecule has 0 saturated heterocycles. The number of hydrogen-bond donors (Lipinski definition) is 2. The summed E-state index contributed by atoms with van der Waals surface area (Å²) >= 11 is 0. The Morgan fingerprint density at radius 2 is 1.74 bits per heavy atom. The number of nitrogens with zero attached hydrogens (tertiary/aromatic N) is 1. The molecule has 0 aliphatic heterocycles. The monoisotopic (exact) mass is 269 g/mol. The van der Waals surface area contributed by atoms with Crippen LogP contribution >= 0.6 is 0 Å². The zero-order valence-corrected chi connectivity index (χ0v) is 11.5. The van der Waals surface area contributed by atoms with Crippen molar-refractivity contribution in [2.24, 2.45) is 0 Å². The molecular weight excluding hydrogens is 250 g/mol. The van der Waals surface area contributed by atoms with Crippen molar-refractivity contribution in [2.75, 3.05) is 14.1 Å². The Morgan fingerprint density at radius 3 is 2.11 bits per heavy atom. The van der Waals surface area contributed by atoms with E-state index in [1.165, 1.54) is 12.1 Å². The maximum Gasteiger partial charge on any atom is 0.349 e. The number of hydrogen-bond acceptors (Lipinski definition) is 6. The van der Waals surface area contributed by atoms with Crippen LogP contribution in [0.1, 0.15) is 24.2 Å². The van der Waals surface area contributed by atoms with E-state index in [2.05, 4.69) is 4.74 Å². The number of carbonyl (C=O) groups is 2.